The van der Waals surface area contributed by atoms with Gasteiger partial charge in [0.15, 0.2) is 18.2 Å². The molecule has 180 valence electrons. The normalized spacial score (nSPS) is 21.8. The second-order valence-corrected chi connectivity index (χ2v) is 9.04. The van der Waals surface area contributed by atoms with Gasteiger partial charge in [-0.05, 0) is 49.0 Å². The van der Waals surface area contributed by atoms with Crippen molar-refractivity contribution in [1.29, 1.82) is 0 Å². The van der Waals surface area contributed by atoms with Gasteiger partial charge < -0.3 is 19.4 Å². The minimum Gasteiger partial charge on any atom is -0.480 e. The van der Waals surface area contributed by atoms with E-state index in [2.05, 4.69) is 15.2 Å². The molecule has 3 aromatic rings. The molecule has 6 rings (SSSR count). The van der Waals surface area contributed by atoms with E-state index in [-0.39, 0.29) is 30.2 Å². The Morgan fingerprint density at radius 2 is 1.91 bits per heavy atom. The van der Waals surface area contributed by atoms with Gasteiger partial charge in [-0.2, -0.15) is 0 Å². The maximum atomic E-state index is 12.7. The third-order valence-electron chi connectivity index (χ3n) is 6.85. The minimum absolute atomic E-state index is 0.00177. The van der Waals surface area contributed by atoms with Gasteiger partial charge >= 0.3 is 6.09 Å². The Balaban J connectivity index is 1.10. The fourth-order valence-corrected chi connectivity index (χ4v) is 5.18. The number of piperidine rings is 1. The smallest absolute Gasteiger partial charge is 0.416 e. The second-order valence-electron chi connectivity index (χ2n) is 9.04. The van der Waals surface area contributed by atoms with E-state index in [1.165, 1.54) is 0 Å². The first kappa shape index (κ1) is 21.6. The van der Waals surface area contributed by atoms with E-state index in [9.17, 15) is 14.4 Å². The zero-order chi connectivity index (χ0) is 23.9. The van der Waals surface area contributed by atoms with Crippen LogP contribution in [-0.2, 0) is 16.1 Å². The Labute approximate surface area is 201 Å². The zero-order valence-corrected chi connectivity index (χ0v) is 19.1. The van der Waals surface area contributed by atoms with Crippen LogP contribution in [0.15, 0.2) is 53.3 Å². The average Bonchev–Trinajstić information content (AvgIpc) is 3.19. The molecule has 2 fully saturated rings. The topological polar surface area (TPSA) is 106 Å². The molecule has 0 saturated carbocycles. The summed E-state index contributed by atoms with van der Waals surface area (Å²) >= 11 is 0. The summed E-state index contributed by atoms with van der Waals surface area (Å²) in [5.41, 5.74) is 0.945. The van der Waals surface area contributed by atoms with Crippen LogP contribution in [0.25, 0.3) is 10.9 Å². The van der Waals surface area contributed by atoms with E-state index in [1.807, 2.05) is 34.9 Å². The Hall–Kier alpha value is -3.92. The van der Waals surface area contributed by atoms with Gasteiger partial charge in [-0.25, -0.2) is 9.78 Å². The summed E-state index contributed by atoms with van der Waals surface area (Å²) in [6.45, 7) is 2.82. The Morgan fingerprint density at radius 1 is 1.03 bits per heavy atom. The molecule has 0 radical (unpaired) electrons. The van der Waals surface area contributed by atoms with Crippen molar-refractivity contribution in [3.05, 3.63) is 58.9 Å². The van der Waals surface area contributed by atoms with E-state index >= 15 is 0 Å². The molecular formula is C25H25N5O5. The molecule has 5 heterocycles. The number of carbonyl (C=O) groups excluding carboxylic acids is 2. The van der Waals surface area contributed by atoms with Crippen LogP contribution in [0.2, 0.25) is 0 Å². The summed E-state index contributed by atoms with van der Waals surface area (Å²) in [7, 11) is 0. The first-order valence-electron chi connectivity index (χ1n) is 11.8. The van der Waals surface area contributed by atoms with Gasteiger partial charge in [0.05, 0.1) is 11.6 Å². The molecule has 0 spiro atoms. The number of pyridine rings is 2. The monoisotopic (exact) mass is 475 g/mol. The number of hydrogen-bond donors (Lipinski definition) is 1. The van der Waals surface area contributed by atoms with Crippen molar-refractivity contribution in [1.82, 2.24) is 14.5 Å². The van der Waals surface area contributed by atoms with E-state index in [0.29, 0.717) is 30.5 Å². The van der Waals surface area contributed by atoms with Crippen molar-refractivity contribution in [2.45, 2.75) is 31.5 Å². The number of likely N-dealkylation sites (tertiary alicyclic amines) is 1. The highest BCUT2D eigenvalue weighted by molar-refractivity contribution is 5.95. The minimum atomic E-state index is -0.431. The first-order chi connectivity index (χ1) is 17.1. The summed E-state index contributed by atoms with van der Waals surface area (Å²) in [5.74, 6) is 0.965. The predicted octanol–water partition coefficient (Wildman–Crippen LogP) is 2.22. The molecule has 1 aromatic carbocycles. The van der Waals surface area contributed by atoms with Crippen molar-refractivity contribution in [3.63, 3.8) is 0 Å². The lowest BCUT2D eigenvalue weighted by Crippen LogP contribution is -2.49. The molecule has 2 amide bonds. The second kappa shape index (κ2) is 8.70. The van der Waals surface area contributed by atoms with Gasteiger partial charge in [0.25, 0.3) is 11.5 Å². The summed E-state index contributed by atoms with van der Waals surface area (Å²) in [5, 5.41) is 3.73. The van der Waals surface area contributed by atoms with Crippen LogP contribution in [0.3, 0.4) is 0 Å². The fraction of sp³-hybridized carbons (Fsp3) is 0.360. The molecule has 1 N–H and O–H groups in total. The number of nitrogens with one attached hydrogen (secondary N) is 1. The van der Waals surface area contributed by atoms with Crippen LogP contribution in [-0.4, -0.2) is 64.8 Å². The quantitative estimate of drug-likeness (QED) is 0.603. The maximum Gasteiger partial charge on any atom is 0.416 e. The molecule has 2 saturated heterocycles. The highest BCUT2D eigenvalue weighted by Gasteiger charge is 2.46. The van der Waals surface area contributed by atoms with Crippen LogP contribution >= 0.6 is 0 Å². The molecule has 0 unspecified atom stereocenters. The van der Waals surface area contributed by atoms with Gasteiger partial charge in [0.2, 0.25) is 0 Å². The highest BCUT2D eigenvalue weighted by Crippen LogP contribution is 2.34. The van der Waals surface area contributed by atoms with Crippen LogP contribution in [0.5, 0.6) is 5.75 Å². The van der Waals surface area contributed by atoms with Crippen molar-refractivity contribution in [3.8, 4) is 5.75 Å². The maximum absolute atomic E-state index is 12.7. The number of rotatable bonds is 5. The number of ether oxygens (including phenoxy) is 2. The third kappa shape index (κ3) is 3.99. The first-order valence-corrected chi connectivity index (χ1v) is 11.8. The molecule has 3 aliphatic rings. The lowest BCUT2D eigenvalue weighted by molar-refractivity contribution is -0.118. The number of aryl methyl sites for hydroxylation is 1. The standard InChI is InChI=1S/C25H25N5O5/c31-22-15-34-19-7-8-21(26-24(19)27-22)30-18-10-13-28(14-20(18)35-25(30)33)11-3-12-29-17-5-2-1-4-16(17)6-9-23(29)32/h1-2,4-9,18,20H,3,10-15H2,(H,26,27,31)/t18-,20+/m0/s1. The molecule has 10 nitrogen and oxygen atoms in total. The van der Waals surface area contributed by atoms with Crippen LogP contribution in [0.1, 0.15) is 12.8 Å². The number of aromatic nitrogens is 2. The number of anilines is 2. The summed E-state index contributed by atoms with van der Waals surface area (Å²) in [4.78, 5) is 45.1. The number of fused-ring (bicyclic) bond motifs is 3. The van der Waals surface area contributed by atoms with Gasteiger partial charge in [-0.15, -0.1) is 0 Å². The van der Waals surface area contributed by atoms with Gasteiger partial charge in [0.1, 0.15) is 11.9 Å². The lowest BCUT2D eigenvalue weighted by Gasteiger charge is -2.35. The molecule has 2 atom stereocenters. The van der Waals surface area contributed by atoms with Gasteiger partial charge in [-0.1, -0.05) is 18.2 Å². The summed E-state index contributed by atoms with van der Waals surface area (Å²) in [6, 6.07) is 14.7. The molecule has 2 aromatic heterocycles. The van der Waals surface area contributed by atoms with Gasteiger partial charge in [0, 0.05) is 25.7 Å². The van der Waals surface area contributed by atoms with E-state index in [4.69, 9.17) is 9.47 Å². The van der Waals surface area contributed by atoms with E-state index in [1.54, 1.807) is 23.1 Å². The molecule has 0 aliphatic carbocycles. The molecule has 10 heteroatoms. The van der Waals surface area contributed by atoms with Crippen molar-refractivity contribution < 1.29 is 19.1 Å². The van der Waals surface area contributed by atoms with Crippen molar-refractivity contribution in [2.75, 3.05) is 36.5 Å². The average molecular weight is 476 g/mol. The van der Waals surface area contributed by atoms with Crippen LogP contribution in [0.4, 0.5) is 16.4 Å². The summed E-state index contributed by atoms with van der Waals surface area (Å²) < 4.78 is 12.9. The van der Waals surface area contributed by atoms with Crippen molar-refractivity contribution in [2.24, 2.45) is 0 Å². The summed E-state index contributed by atoms with van der Waals surface area (Å²) in [6.07, 6.45) is 0.862. The highest BCUT2D eigenvalue weighted by atomic mass is 16.6. The van der Waals surface area contributed by atoms with Crippen molar-refractivity contribution >= 4 is 34.5 Å². The lowest BCUT2D eigenvalue weighted by atomic mass is 10.0. The largest absolute Gasteiger partial charge is 0.480 e. The molecule has 0 bridgehead atoms. The number of hydrogen-bond acceptors (Lipinski definition) is 7. The predicted molar refractivity (Wildman–Crippen MR) is 129 cm³/mol. The van der Waals surface area contributed by atoms with Crippen LogP contribution in [0, 0.1) is 0 Å². The van der Waals surface area contributed by atoms with E-state index in [0.717, 1.165) is 36.8 Å². The van der Waals surface area contributed by atoms with E-state index < -0.39 is 6.09 Å². The number of carbonyl (C=O) groups is 2. The SMILES string of the molecule is O=C1COc2ccc(N3C(=O)O[C@@H]4CN(CCCn5c(=O)ccc6ccccc65)CC[C@@H]43)nc2N1. The fourth-order valence-electron chi connectivity index (χ4n) is 5.18. The van der Waals surface area contributed by atoms with Crippen LogP contribution < -0.4 is 20.5 Å². The molecular weight excluding hydrogens is 450 g/mol. The Kier molecular flexibility index (Phi) is 5.37. The third-order valence-corrected chi connectivity index (χ3v) is 6.85. The molecule has 35 heavy (non-hydrogen) atoms. The number of para-hydroxylation sites is 1. The number of benzene rings is 1. The Morgan fingerprint density at radius 3 is 2.83 bits per heavy atom. The number of amides is 2. The number of nitrogens with zero attached hydrogens (tertiary/aromatic N) is 4. The van der Waals surface area contributed by atoms with Gasteiger partial charge in [-0.3, -0.25) is 19.4 Å². The molecule has 3 aliphatic heterocycles. The Bertz CT molecular complexity index is 1370. The zero-order valence-electron chi connectivity index (χ0n) is 19.1.